The molecular weight excluding hydrogens is 456 g/mol. The molecule has 0 saturated carbocycles. The standard InChI is InChI=1S/C38H22/c1-3-11-25(12-4-1)21-23-33-36-29-18-8-7-13-26(29)22-24-32(36)35(28-14-5-2-6-15-28)38-31-20-10-17-27-16-9-19-30(34(27)31)37(33)38/h1-20,22,24H. The molecule has 0 heteroatoms. The second-order valence-electron chi connectivity index (χ2n) is 9.90. The van der Waals surface area contributed by atoms with E-state index >= 15 is 0 Å². The van der Waals surface area contributed by atoms with Crippen molar-refractivity contribution in [2.75, 3.05) is 0 Å². The minimum atomic E-state index is 1.02. The lowest BCUT2D eigenvalue weighted by Crippen LogP contribution is -1.94. The zero-order chi connectivity index (χ0) is 25.1. The molecule has 0 fully saturated rings. The van der Waals surface area contributed by atoms with Crippen molar-refractivity contribution in [2.45, 2.75) is 0 Å². The summed E-state index contributed by atoms with van der Waals surface area (Å²) in [5, 5.41) is 7.54. The highest BCUT2D eigenvalue weighted by atomic mass is 14.3. The van der Waals surface area contributed by atoms with Crippen LogP contribution in [0.1, 0.15) is 11.1 Å². The minimum Gasteiger partial charge on any atom is -0.0622 e. The zero-order valence-corrected chi connectivity index (χ0v) is 20.7. The van der Waals surface area contributed by atoms with Gasteiger partial charge in [-0.2, -0.15) is 0 Å². The quantitative estimate of drug-likeness (QED) is 0.163. The molecule has 0 nitrogen and oxygen atoms in total. The van der Waals surface area contributed by atoms with Gasteiger partial charge in [0.1, 0.15) is 0 Å². The van der Waals surface area contributed by atoms with Crippen LogP contribution in [0.3, 0.4) is 0 Å². The normalized spacial score (nSPS) is 11.5. The molecule has 0 amide bonds. The predicted molar refractivity (Wildman–Crippen MR) is 161 cm³/mol. The van der Waals surface area contributed by atoms with Gasteiger partial charge in [-0.15, -0.1) is 0 Å². The topological polar surface area (TPSA) is 0 Å². The van der Waals surface area contributed by atoms with Gasteiger partial charge in [0.05, 0.1) is 0 Å². The van der Waals surface area contributed by atoms with Gasteiger partial charge in [0.2, 0.25) is 0 Å². The largest absolute Gasteiger partial charge is 0.0622 e. The summed E-state index contributed by atoms with van der Waals surface area (Å²) in [4.78, 5) is 0. The van der Waals surface area contributed by atoms with Crippen molar-refractivity contribution in [1.82, 2.24) is 0 Å². The van der Waals surface area contributed by atoms with Gasteiger partial charge in [0.25, 0.3) is 0 Å². The van der Waals surface area contributed by atoms with E-state index in [9.17, 15) is 0 Å². The summed E-state index contributed by atoms with van der Waals surface area (Å²) in [6.07, 6.45) is 0. The fourth-order valence-corrected chi connectivity index (χ4v) is 6.24. The van der Waals surface area contributed by atoms with Crippen LogP contribution < -0.4 is 0 Å². The molecule has 0 aliphatic heterocycles. The van der Waals surface area contributed by atoms with Gasteiger partial charge in [0, 0.05) is 22.1 Å². The van der Waals surface area contributed by atoms with E-state index in [4.69, 9.17) is 0 Å². The summed E-state index contributed by atoms with van der Waals surface area (Å²) in [6, 6.07) is 47.8. The fraction of sp³-hybridized carbons (Fsp3) is 0. The van der Waals surface area contributed by atoms with Gasteiger partial charge in [-0.25, -0.2) is 0 Å². The van der Waals surface area contributed by atoms with Gasteiger partial charge in [-0.1, -0.05) is 133 Å². The van der Waals surface area contributed by atoms with E-state index in [-0.39, 0.29) is 0 Å². The average Bonchev–Trinajstić information content (AvgIpc) is 3.32. The lowest BCUT2D eigenvalue weighted by atomic mass is 9.83. The van der Waals surface area contributed by atoms with Crippen molar-refractivity contribution in [3.8, 4) is 45.2 Å². The van der Waals surface area contributed by atoms with E-state index in [1.54, 1.807) is 0 Å². The number of hydrogen-bond donors (Lipinski definition) is 0. The third-order valence-electron chi connectivity index (χ3n) is 7.81. The molecule has 8 rings (SSSR count). The van der Waals surface area contributed by atoms with Crippen molar-refractivity contribution in [1.29, 1.82) is 0 Å². The molecule has 38 heavy (non-hydrogen) atoms. The smallest absolute Gasteiger partial charge is 0.0419 e. The van der Waals surface area contributed by atoms with E-state index in [2.05, 4.69) is 139 Å². The highest BCUT2D eigenvalue weighted by Gasteiger charge is 2.29. The first-order valence-electron chi connectivity index (χ1n) is 13.0. The number of benzene rings is 7. The van der Waals surface area contributed by atoms with Crippen LogP contribution in [0.4, 0.5) is 0 Å². The molecule has 7 aromatic rings. The first-order chi connectivity index (χ1) is 18.9. The van der Waals surface area contributed by atoms with Crippen molar-refractivity contribution in [3.05, 3.63) is 145 Å². The monoisotopic (exact) mass is 478 g/mol. The van der Waals surface area contributed by atoms with Crippen LogP contribution in [0.25, 0.3) is 65.7 Å². The molecule has 174 valence electrons. The first-order valence-corrected chi connectivity index (χ1v) is 13.0. The molecule has 0 unspecified atom stereocenters. The third-order valence-corrected chi connectivity index (χ3v) is 7.81. The summed E-state index contributed by atoms with van der Waals surface area (Å²) in [5.74, 6) is 7.22. The lowest BCUT2D eigenvalue weighted by Gasteiger charge is -2.19. The molecule has 0 heterocycles. The number of hydrogen-bond acceptors (Lipinski definition) is 0. The molecule has 7 aromatic carbocycles. The Hall–Kier alpha value is -5.12. The Balaban J connectivity index is 1.64. The second-order valence-corrected chi connectivity index (χ2v) is 9.90. The van der Waals surface area contributed by atoms with Crippen LogP contribution in [0.5, 0.6) is 0 Å². The van der Waals surface area contributed by atoms with Gasteiger partial charge in [-0.3, -0.25) is 0 Å². The Morgan fingerprint density at radius 3 is 1.82 bits per heavy atom. The van der Waals surface area contributed by atoms with Gasteiger partial charge in [0.15, 0.2) is 0 Å². The molecule has 1 aliphatic carbocycles. The Morgan fingerprint density at radius 1 is 0.368 bits per heavy atom. The Bertz CT molecular complexity index is 2100. The zero-order valence-electron chi connectivity index (χ0n) is 20.7. The molecule has 0 radical (unpaired) electrons. The van der Waals surface area contributed by atoms with Crippen LogP contribution in [-0.4, -0.2) is 0 Å². The highest BCUT2D eigenvalue weighted by Crippen LogP contribution is 2.55. The highest BCUT2D eigenvalue weighted by molar-refractivity contribution is 6.27. The van der Waals surface area contributed by atoms with E-state index in [0.29, 0.717) is 0 Å². The molecule has 0 atom stereocenters. The summed E-state index contributed by atoms with van der Waals surface area (Å²) < 4.78 is 0. The maximum absolute atomic E-state index is 3.70. The molecular formula is C38H22. The van der Waals surface area contributed by atoms with E-state index < -0.39 is 0 Å². The summed E-state index contributed by atoms with van der Waals surface area (Å²) in [7, 11) is 0. The Labute approximate surface area is 221 Å². The molecule has 0 spiro atoms. The average molecular weight is 479 g/mol. The van der Waals surface area contributed by atoms with E-state index in [1.807, 2.05) is 6.07 Å². The van der Waals surface area contributed by atoms with Crippen molar-refractivity contribution in [3.63, 3.8) is 0 Å². The van der Waals surface area contributed by atoms with Crippen LogP contribution in [-0.2, 0) is 0 Å². The molecule has 0 N–H and O–H groups in total. The molecule has 0 saturated heterocycles. The lowest BCUT2D eigenvalue weighted by molar-refractivity contribution is 1.63. The van der Waals surface area contributed by atoms with Gasteiger partial charge < -0.3 is 0 Å². The molecule has 0 bridgehead atoms. The molecule has 0 aromatic heterocycles. The first kappa shape index (κ1) is 21.0. The van der Waals surface area contributed by atoms with Crippen LogP contribution in [0.15, 0.2) is 133 Å². The second kappa shape index (κ2) is 8.20. The number of fused-ring (bicyclic) bond motifs is 6. The van der Waals surface area contributed by atoms with Crippen molar-refractivity contribution < 1.29 is 0 Å². The maximum atomic E-state index is 3.70. The Kier molecular flexibility index (Phi) is 4.54. The van der Waals surface area contributed by atoms with Gasteiger partial charge in [-0.05, 0) is 66.9 Å². The van der Waals surface area contributed by atoms with Gasteiger partial charge >= 0.3 is 0 Å². The van der Waals surface area contributed by atoms with Crippen LogP contribution in [0, 0.1) is 11.8 Å². The van der Waals surface area contributed by atoms with Crippen molar-refractivity contribution >= 4 is 32.3 Å². The Morgan fingerprint density at radius 2 is 1.03 bits per heavy atom. The van der Waals surface area contributed by atoms with E-state index in [0.717, 1.165) is 11.1 Å². The van der Waals surface area contributed by atoms with E-state index in [1.165, 1.54) is 65.7 Å². The van der Waals surface area contributed by atoms with Crippen molar-refractivity contribution in [2.24, 2.45) is 0 Å². The third kappa shape index (κ3) is 3.00. The SMILES string of the molecule is C(#Cc1c2c(c(-c3ccccc3)c3ccc4ccccc4c13)-c1cccc3cccc-2c13)c1ccccc1. The summed E-state index contributed by atoms with van der Waals surface area (Å²) >= 11 is 0. The number of rotatable bonds is 1. The van der Waals surface area contributed by atoms with Crippen LogP contribution >= 0.6 is 0 Å². The summed E-state index contributed by atoms with van der Waals surface area (Å²) in [6.45, 7) is 0. The fourth-order valence-electron chi connectivity index (χ4n) is 6.24. The molecule has 1 aliphatic rings. The van der Waals surface area contributed by atoms with Crippen LogP contribution in [0.2, 0.25) is 0 Å². The predicted octanol–water partition coefficient (Wildman–Crippen LogP) is 9.86. The maximum Gasteiger partial charge on any atom is 0.0419 e. The minimum absolute atomic E-state index is 1.02. The summed E-state index contributed by atoms with van der Waals surface area (Å²) in [5.41, 5.74) is 9.77.